The molecule has 0 aliphatic rings. The first-order valence-electron chi connectivity index (χ1n) is 5.04. The smallest absolute Gasteiger partial charge is 0.164 e. The molecule has 3 heteroatoms. The van der Waals surface area contributed by atoms with Crippen LogP contribution in [0.4, 0.5) is 5.69 Å². The van der Waals surface area contributed by atoms with Crippen LogP contribution < -0.4 is 0 Å². The lowest BCUT2D eigenvalue weighted by molar-refractivity contribution is -0.113. The minimum absolute atomic E-state index is 0.00433. The van der Waals surface area contributed by atoms with Gasteiger partial charge < -0.3 is 5.11 Å². The van der Waals surface area contributed by atoms with Gasteiger partial charge in [0.15, 0.2) is 5.78 Å². The van der Waals surface area contributed by atoms with E-state index in [1.165, 1.54) is 13.8 Å². The Morgan fingerprint density at radius 1 is 1.12 bits per heavy atom. The van der Waals surface area contributed by atoms with Crippen LogP contribution in [0.15, 0.2) is 46.7 Å². The number of aliphatic hydroxyl groups is 1. The summed E-state index contributed by atoms with van der Waals surface area (Å²) < 4.78 is 0. The highest BCUT2D eigenvalue weighted by Gasteiger charge is 2.11. The van der Waals surface area contributed by atoms with Crippen LogP contribution in [0.2, 0.25) is 0 Å². The van der Waals surface area contributed by atoms with E-state index in [-0.39, 0.29) is 17.1 Å². The van der Waals surface area contributed by atoms with E-state index in [1.54, 1.807) is 6.92 Å². The number of aliphatic imine (C=N–C) groups is 1. The first-order chi connectivity index (χ1) is 7.52. The highest BCUT2D eigenvalue weighted by atomic mass is 16.3. The number of hydrogen-bond donors (Lipinski definition) is 1. The zero-order chi connectivity index (χ0) is 12.1. The lowest BCUT2D eigenvalue weighted by Crippen LogP contribution is -2.09. The summed E-state index contributed by atoms with van der Waals surface area (Å²) >= 11 is 0. The summed E-state index contributed by atoms with van der Waals surface area (Å²) in [5, 5.41) is 9.41. The number of rotatable bonds is 3. The van der Waals surface area contributed by atoms with Crippen LogP contribution in [0.5, 0.6) is 0 Å². The standard InChI is InChI=1S/C13H15NO2/c1-9(13(10(2)15)11(3)16)14-12-7-5-4-6-8-12/h4-8,15H,1-3H3/b13-10-,14-9?. The molecule has 0 saturated carbocycles. The number of nitrogens with zero attached hydrogens (tertiary/aromatic N) is 1. The average molecular weight is 217 g/mol. The van der Waals surface area contributed by atoms with Crippen molar-refractivity contribution in [3.8, 4) is 0 Å². The molecule has 0 bridgehead atoms. The van der Waals surface area contributed by atoms with Gasteiger partial charge in [0, 0.05) is 0 Å². The van der Waals surface area contributed by atoms with Gasteiger partial charge in [-0.1, -0.05) is 18.2 Å². The Morgan fingerprint density at radius 3 is 2.12 bits per heavy atom. The van der Waals surface area contributed by atoms with Gasteiger partial charge in [0.1, 0.15) is 5.76 Å². The normalized spacial score (nSPS) is 13.3. The number of carbonyl (C=O) groups excluding carboxylic acids is 1. The third kappa shape index (κ3) is 3.05. The molecule has 1 aromatic rings. The number of hydrogen-bond acceptors (Lipinski definition) is 3. The average Bonchev–Trinajstić information content (AvgIpc) is 2.17. The van der Waals surface area contributed by atoms with E-state index in [1.807, 2.05) is 30.3 Å². The third-order valence-corrected chi connectivity index (χ3v) is 2.13. The molecule has 84 valence electrons. The Morgan fingerprint density at radius 2 is 1.69 bits per heavy atom. The molecule has 0 aliphatic heterocycles. The maximum absolute atomic E-state index is 11.3. The molecular formula is C13H15NO2. The van der Waals surface area contributed by atoms with Gasteiger partial charge in [0.05, 0.1) is 17.0 Å². The van der Waals surface area contributed by atoms with Crippen molar-refractivity contribution in [1.29, 1.82) is 0 Å². The number of benzene rings is 1. The number of Topliss-reactive ketones (excluding diaryl/α,β-unsaturated/α-hetero) is 1. The molecule has 3 nitrogen and oxygen atoms in total. The van der Waals surface area contributed by atoms with Crippen molar-refractivity contribution in [2.45, 2.75) is 20.8 Å². The van der Waals surface area contributed by atoms with Crippen LogP contribution in [0.3, 0.4) is 0 Å². The van der Waals surface area contributed by atoms with Crippen molar-refractivity contribution >= 4 is 17.2 Å². The quantitative estimate of drug-likeness (QED) is 0.480. The molecule has 0 amide bonds. The maximum atomic E-state index is 11.3. The molecule has 0 unspecified atom stereocenters. The van der Waals surface area contributed by atoms with Gasteiger partial charge in [-0.25, -0.2) is 0 Å². The lowest BCUT2D eigenvalue weighted by atomic mass is 10.1. The van der Waals surface area contributed by atoms with Crippen LogP contribution in [-0.2, 0) is 4.79 Å². The number of para-hydroxylation sites is 1. The van der Waals surface area contributed by atoms with Gasteiger partial charge in [-0.3, -0.25) is 9.79 Å². The zero-order valence-electron chi connectivity index (χ0n) is 9.69. The molecule has 16 heavy (non-hydrogen) atoms. The molecule has 0 aliphatic carbocycles. The van der Waals surface area contributed by atoms with Crippen molar-refractivity contribution in [1.82, 2.24) is 0 Å². The van der Waals surface area contributed by atoms with Crippen molar-refractivity contribution in [3.05, 3.63) is 41.7 Å². The number of carbonyl (C=O) groups is 1. The fourth-order valence-corrected chi connectivity index (χ4v) is 1.52. The fraction of sp³-hybridized carbons (Fsp3) is 0.231. The Kier molecular flexibility index (Phi) is 4.00. The van der Waals surface area contributed by atoms with E-state index in [4.69, 9.17) is 0 Å². The predicted molar refractivity (Wildman–Crippen MR) is 65.2 cm³/mol. The van der Waals surface area contributed by atoms with Crippen molar-refractivity contribution in [2.24, 2.45) is 4.99 Å². The van der Waals surface area contributed by atoms with E-state index in [0.29, 0.717) is 5.71 Å². The van der Waals surface area contributed by atoms with Gasteiger partial charge in [0.2, 0.25) is 0 Å². The zero-order valence-corrected chi connectivity index (χ0v) is 9.69. The summed E-state index contributed by atoms with van der Waals surface area (Å²) in [6, 6.07) is 9.32. The fourth-order valence-electron chi connectivity index (χ4n) is 1.52. The summed E-state index contributed by atoms with van der Waals surface area (Å²) in [4.78, 5) is 15.6. The summed E-state index contributed by atoms with van der Waals surface area (Å²) in [5.74, 6) is -0.179. The number of allylic oxidation sites excluding steroid dienone is 2. The Bertz CT molecular complexity index is 440. The molecule has 0 spiro atoms. The third-order valence-electron chi connectivity index (χ3n) is 2.13. The van der Waals surface area contributed by atoms with E-state index in [9.17, 15) is 9.90 Å². The van der Waals surface area contributed by atoms with Crippen LogP contribution in [0.25, 0.3) is 0 Å². The van der Waals surface area contributed by atoms with Crippen molar-refractivity contribution in [3.63, 3.8) is 0 Å². The number of ketones is 1. The van der Waals surface area contributed by atoms with Crippen molar-refractivity contribution < 1.29 is 9.90 Å². The molecule has 0 heterocycles. The topological polar surface area (TPSA) is 49.7 Å². The Hall–Kier alpha value is -1.90. The monoisotopic (exact) mass is 217 g/mol. The van der Waals surface area contributed by atoms with E-state index < -0.39 is 0 Å². The van der Waals surface area contributed by atoms with E-state index in [2.05, 4.69) is 4.99 Å². The Labute approximate surface area is 95.1 Å². The molecule has 1 rings (SSSR count). The predicted octanol–water partition coefficient (Wildman–Crippen LogP) is 3.20. The molecule has 0 saturated heterocycles. The second-order valence-corrected chi connectivity index (χ2v) is 3.55. The Balaban J connectivity index is 3.11. The summed E-state index contributed by atoms with van der Waals surface area (Å²) in [7, 11) is 0. The van der Waals surface area contributed by atoms with E-state index >= 15 is 0 Å². The van der Waals surface area contributed by atoms with Crippen LogP contribution in [0, 0.1) is 0 Å². The van der Waals surface area contributed by atoms with Crippen molar-refractivity contribution in [2.75, 3.05) is 0 Å². The van der Waals surface area contributed by atoms with Gasteiger partial charge >= 0.3 is 0 Å². The SMILES string of the molecule is CC(=O)/C(C(C)=Nc1ccccc1)=C(/C)O. The summed E-state index contributed by atoms with van der Waals surface area (Å²) in [6.07, 6.45) is 0. The van der Waals surface area contributed by atoms with Crippen LogP contribution in [0.1, 0.15) is 20.8 Å². The van der Waals surface area contributed by atoms with Gasteiger partial charge in [-0.15, -0.1) is 0 Å². The van der Waals surface area contributed by atoms with Gasteiger partial charge in [0.25, 0.3) is 0 Å². The molecule has 1 aromatic carbocycles. The second-order valence-electron chi connectivity index (χ2n) is 3.55. The van der Waals surface area contributed by atoms with Gasteiger partial charge in [-0.2, -0.15) is 0 Å². The largest absolute Gasteiger partial charge is 0.512 e. The minimum atomic E-state index is -0.183. The minimum Gasteiger partial charge on any atom is -0.512 e. The lowest BCUT2D eigenvalue weighted by Gasteiger charge is -2.04. The molecule has 0 radical (unpaired) electrons. The van der Waals surface area contributed by atoms with Crippen LogP contribution >= 0.6 is 0 Å². The molecular weight excluding hydrogens is 202 g/mol. The number of aliphatic hydroxyl groups excluding tert-OH is 1. The second kappa shape index (κ2) is 5.26. The highest BCUT2D eigenvalue weighted by molar-refractivity contribution is 6.21. The van der Waals surface area contributed by atoms with Crippen LogP contribution in [-0.4, -0.2) is 16.6 Å². The molecule has 0 atom stereocenters. The van der Waals surface area contributed by atoms with E-state index in [0.717, 1.165) is 5.69 Å². The highest BCUT2D eigenvalue weighted by Crippen LogP contribution is 2.14. The first-order valence-corrected chi connectivity index (χ1v) is 5.04. The first kappa shape index (κ1) is 12.2. The van der Waals surface area contributed by atoms with Gasteiger partial charge in [-0.05, 0) is 32.9 Å². The molecule has 0 aromatic heterocycles. The summed E-state index contributed by atoms with van der Waals surface area (Å²) in [6.45, 7) is 4.61. The molecule has 1 N–H and O–H groups in total. The summed E-state index contributed by atoms with van der Waals surface area (Å²) in [5.41, 5.74) is 1.57. The molecule has 0 fully saturated rings. The maximum Gasteiger partial charge on any atom is 0.164 e.